The van der Waals surface area contributed by atoms with Crippen molar-refractivity contribution in [2.75, 3.05) is 0 Å². The van der Waals surface area contributed by atoms with E-state index >= 15 is 0 Å². The molecule has 1 aromatic rings. The molecule has 0 saturated carbocycles. The second-order valence-electron chi connectivity index (χ2n) is 3.89. The van der Waals surface area contributed by atoms with Crippen LogP contribution in [-0.2, 0) is 6.42 Å². The second kappa shape index (κ2) is 4.76. The number of aromatic nitrogens is 1. The molecule has 0 saturated heterocycles. The zero-order valence-corrected chi connectivity index (χ0v) is 9.38. The van der Waals surface area contributed by atoms with Crippen LogP contribution in [0.25, 0.3) is 0 Å². The van der Waals surface area contributed by atoms with Gasteiger partial charge in [-0.25, -0.2) is 0 Å². The van der Waals surface area contributed by atoms with Crippen LogP contribution < -0.4 is 0 Å². The third kappa shape index (κ3) is 3.28. The lowest BCUT2D eigenvalue weighted by Gasteiger charge is -2.22. The van der Waals surface area contributed by atoms with Gasteiger partial charge in [0, 0.05) is 18.8 Å². The minimum atomic E-state index is -0.667. The summed E-state index contributed by atoms with van der Waals surface area (Å²) in [5, 5.41) is 10.6. The van der Waals surface area contributed by atoms with Crippen molar-refractivity contribution in [2.24, 2.45) is 0 Å². The Bertz CT molecular complexity index is 299. The van der Waals surface area contributed by atoms with Crippen LogP contribution in [0.1, 0.15) is 32.3 Å². The van der Waals surface area contributed by atoms with Crippen molar-refractivity contribution < 1.29 is 5.11 Å². The summed E-state index contributed by atoms with van der Waals surface area (Å²) in [6.07, 6.45) is 5.64. The first-order chi connectivity index (χ1) is 6.55. The topological polar surface area (TPSA) is 33.1 Å². The molecule has 0 radical (unpaired) electrons. The first-order valence-electron chi connectivity index (χ1n) is 4.86. The summed E-state index contributed by atoms with van der Waals surface area (Å²) < 4.78 is 0. The molecule has 2 nitrogen and oxygen atoms in total. The molecule has 0 aliphatic rings. The SMILES string of the molecule is CCCC(C)(O)Cc1ccncc1Cl. The Labute approximate surface area is 89.9 Å². The molecule has 0 aliphatic carbocycles. The lowest BCUT2D eigenvalue weighted by Crippen LogP contribution is -2.26. The maximum Gasteiger partial charge on any atom is 0.0660 e. The molecule has 0 aliphatic heterocycles. The molecule has 14 heavy (non-hydrogen) atoms. The Morgan fingerprint density at radius 1 is 1.57 bits per heavy atom. The van der Waals surface area contributed by atoms with Crippen LogP contribution in [0.4, 0.5) is 0 Å². The van der Waals surface area contributed by atoms with Crippen molar-refractivity contribution in [3.05, 3.63) is 29.0 Å². The number of hydrogen-bond donors (Lipinski definition) is 1. The van der Waals surface area contributed by atoms with E-state index in [2.05, 4.69) is 11.9 Å². The van der Waals surface area contributed by atoms with Gasteiger partial charge in [-0.2, -0.15) is 0 Å². The smallest absolute Gasteiger partial charge is 0.0660 e. The largest absolute Gasteiger partial charge is 0.390 e. The fourth-order valence-corrected chi connectivity index (χ4v) is 1.77. The van der Waals surface area contributed by atoms with Crippen LogP contribution in [0.5, 0.6) is 0 Å². The van der Waals surface area contributed by atoms with Gasteiger partial charge in [-0.1, -0.05) is 24.9 Å². The quantitative estimate of drug-likeness (QED) is 0.835. The van der Waals surface area contributed by atoms with Crippen LogP contribution in [0.3, 0.4) is 0 Å². The Morgan fingerprint density at radius 3 is 2.86 bits per heavy atom. The molecule has 0 aromatic carbocycles. The molecule has 1 unspecified atom stereocenters. The van der Waals surface area contributed by atoms with Crippen LogP contribution in [-0.4, -0.2) is 15.7 Å². The predicted molar refractivity (Wildman–Crippen MR) is 58.5 cm³/mol. The molecule has 1 N–H and O–H groups in total. The van der Waals surface area contributed by atoms with Crippen LogP contribution in [0.15, 0.2) is 18.5 Å². The number of hydrogen-bond acceptors (Lipinski definition) is 2. The van der Waals surface area contributed by atoms with Crippen molar-refractivity contribution in [2.45, 2.75) is 38.7 Å². The zero-order valence-electron chi connectivity index (χ0n) is 8.63. The van der Waals surface area contributed by atoms with Gasteiger partial charge in [0.05, 0.1) is 10.6 Å². The summed E-state index contributed by atoms with van der Waals surface area (Å²) in [5.41, 5.74) is 0.292. The van der Waals surface area contributed by atoms with E-state index in [0.717, 1.165) is 18.4 Å². The second-order valence-corrected chi connectivity index (χ2v) is 4.30. The van der Waals surface area contributed by atoms with Crippen molar-refractivity contribution in [1.82, 2.24) is 4.98 Å². The number of pyridine rings is 1. The fraction of sp³-hybridized carbons (Fsp3) is 0.545. The van der Waals surface area contributed by atoms with Crippen molar-refractivity contribution in [3.63, 3.8) is 0 Å². The summed E-state index contributed by atoms with van der Waals surface area (Å²) in [6.45, 7) is 3.90. The Balaban J connectivity index is 2.73. The van der Waals surface area contributed by atoms with E-state index in [0.29, 0.717) is 11.4 Å². The van der Waals surface area contributed by atoms with Crippen LogP contribution >= 0.6 is 11.6 Å². The molecule has 0 amide bonds. The first-order valence-corrected chi connectivity index (χ1v) is 5.24. The highest BCUT2D eigenvalue weighted by atomic mass is 35.5. The molecule has 1 aromatic heterocycles. The summed E-state index contributed by atoms with van der Waals surface area (Å²) in [7, 11) is 0. The van der Waals surface area contributed by atoms with Gasteiger partial charge in [0.2, 0.25) is 0 Å². The van der Waals surface area contributed by atoms with Crippen molar-refractivity contribution >= 4 is 11.6 Å². The molecule has 78 valence electrons. The van der Waals surface area contributed by atoms with E-state index in [4.69, 9.17) is 11.6 Å². The monoisotopic (exact) mass is 213 g/mol. The van der Waals surface area contributed by atoms with Gasteiger partial charge >= 0.3 is 0 Å². The van der Waals surface area contributed by atoms with E-state index in [1.807, 2.05) is 13.0 Å². The maximum absolute atomic E-state index is 10.0. The molecule has 0 fully saturated rings. The molecular formula is C11H16ClNO. The molecule has 1 heterocycles. The number of halogens is 1. The molecular weight excluding hydrogens is 198 g/mol. The fourth-order valence-electron chi connectivity index (χ4n) is 1.58. The average Bonchev–Trinajstić information content (AvgIpc) is 2.08. The third-order valence-corrected chi connectivity index (χ3v) is 2.56. The highest BCUT2D eigenvalue weighted by Crippen LogP contribution is 2.22. The minimum absolute atomic E-state index is 0.586. The lowest BCUT2D eigenvalue weighted by molar-refractivity contribution is 0.0505. The van der Waals surface area contributed by atoms with Crippen LogP contribution in [0, 0.1) is 0 Å². The number of rotatable bonds is 4. The van der Waals surface area contributed by atoms with Crippen molar-refractivity contribution in [1.29, 1.82) is 0 Å². The predicted octanol–water partition coefficient (Wildman–Crippen LogP) is 2.83. The van der Waals surface area contributed by atoms with E-state index in [-0.39, 0.29) is 0 Å². The zero-order chi connectivity index (χ0) is 10.6. The Morgan fingerprint density at radius 2 is 2.29 bits per heavy atom. The van der Waals surface area contributed by atoms with Gasteiger partial charge in [0.15, 0.2) is 0 Å². The number of aliphatic hydroxyl groups is 1. The summed E-state index contributed by atoms with van der Waals surface area (Å²) in [5.74, 6) is 0. The van der Waals surface area contributed by atoms with Crippen molar-refractivity contribution in [3.8, 4) is 0 Å². The summed E-state index contributed by atoms with van der Waals surface area (Å²) in [6, 6.07) is 1.85. The van der Waals surface area contributed by atoms with Gasteiger partial charge in [-0.15, -0.1) is 0 Å². The normalized spacial score (nSPS) is 15.1. The standard InChI is InChI=1S/C11H16ClNO/c1-3-5-11(2,14)7-9-4-6-13-8-10(9)12/h4,6,8,14H,3,5,7H2,1-2H3. The number of nitrogens with zero attached hydrogens (tertiary/aromatic N) is 1. The molecule has 0 bridgehead atoms. The Kier molecular flexibility index (Phi) is 3.90. The van der Waals surface area contributed by atoms with Gasteiger partial charge in [-0.05, 0) is 25.0 Å². The summed E-state index contributed by atoms with van der Waals surface area (Å²) in [4.78, 5) is 3.91. The van der Waals surface area contributed by atoms with Gasteiger partial charge in [0.25, 0.3) is 0 Å². The van der Waals surface area contributed by atoms with E-state index in [1.165, 1.54) is 0 Å². The highest BCUT2D eigenvalue weighted by Gasteiger charge is 2.20. The molecule has 0 spiro atoms. The summed E-state index contributed by atoms with van der Waals surface area (Å²) >= 11 is 5.96. The third-order valence-electron chi connectivity index (χ3n) is 2.22. The molecule has 3 heteroatoms. The first kappa shape index (κ1) is 11.5. The van der Waals surface area contributed by atoms with Crippen LogP contribution in [0.2, 0.25) is 5.02 Å². The molecule has 1 atom stereocenters. The minimum Gasteiger partial charge on any atom is -0.390 e. The van der Waals surface area contributed by atoms with E-state index in [9.17, 15) is 5.11 Å². The van der Waals surface area contributed by atoms with E-state index in [1.54, 1.807) is 12.4 Å². The van der Waals surface area contributed by atoms with Gasteiger partial charge in [-0.3, -0.25) is 4.98 Å². The van der Waals surface area contributed by atoms with Gasteiger partial charge in [0.1, 0.15) is 0 Å². The van der Waals surface area contributed by atoms with Gasteiger partial charge < -0.3 is 5.11 Å². The Hall–Kier alpha value is -0.600. The van der Waals surface area contributed by atoms with E-state index < -0.39 is 5.60 Å². The average molecular weight is 214 g/mol. The maximum atomic E-state index is 10.0. The lowest BCUT2D eigenvalue weighted by atomic mass is 9.93. The highest BCUT2D eigenvalue weighted by molar-refractivity contribution is 6.31. The molecule has 1 rings (SSSR count).